The minimum absolute atomic E-state index is 0.149. The van der Waals surface area contributed by atoms with Crippen LogP contribution in [0.4, 0.5) is 5.82 Å². The second-order valence-corrected chi connectivity index (χ2v) is 10.0. The van der Waals surface area contributed by atoms with Crippen LogP contribution in [0.5, 0.6) is 0 Å². The maximum atomic E-state index is 13.0. The van der Waals surface area contributed by atoms with Crippen LogP contribution in [-0.4, -0.2) is 63.3 Å². The van der Waals surface area contributed by atoms with Crippen molar-refractivity contribution < 1.29 is 4.79 Å². The highest BCUT2D eigenvalue weighted by molar-refractivity contribution is 5.87. The molecule has 1 aliphatic heterocycles. The molecule has 4 rings (SSSR count). The first-order valence-corrected chi connectivity index (χ1v) is 12.3. The van der Waals surface area contributed by atoms with Gasteiger partial charge in [-0.15, -0.1) is 0 Å². The number of aromatic nitrogens is 4. The number of aryl methyl sites for hydroxylation is 1. The third-order valence-electron chi connectivity index (χ3n) is 6.56. The van der Waals surface area contributed by atoms with Gasteiger partial charge in [-0.1, -0.05) is 52.0 Å². The fraction of sp³-hybridized carbons (Fsp3) is 0.538. The molecule has 1 unspecified atom stereocenters. The van der Waals surface area contributed by atoms with Crippen molar-refractivity contribution in [3.05, 3.63) is 47.9 Å². The lowest BCUT2D eigenvalue weighted by atomic mass is 9.93. The van der Waals surface area contributed by atoms with Gasteiger partial charge < -0.3 is 15.1 Å². The van der Waals surface area contributed by atoms with Gasteiger partial charge in [0.15, 0.2) is 5.65 Å². The van der Waals surface area contributed by atoms with Crippen molar-refractivity contribution in [3.63, 3.8) is 0 Å². The molecule has 8 heteroatoms. The quantitative estimate of drug-likeness (QED) is 0.553. The fourth-order valence-electron chi connectivity index (χ4n) is 4.75. The van der Waals surface area contributed by atoms with E-state index in [9.17, 15) is 4.79 Å². The van der Waals surface area contributed by atoms with Crippen molar-refractivity contribution >= 4 is 22.8 Å². The first-order chi connectivity index (χ1) is 16.3. The maximum Gasteiger partial charge on any atom is 0.236 e. The Hall–Kier alpha value is -3.00. The lowest BCUT2D eigenvalue weighted by molar-refractivity contribution is -0.130. The standard InChI is InChI=1S/C26H37N7O/c1-18(2)14-20-6-8-21(9-7-20)24(19(3)4)27-16-23(34)32-10-12-33(13-11-32)26-22-15-30-31(5)25(22)28-17-29-26/h6-9,15,17-19,24,27H,10-14,16H2,1-5H3. The van der Waals surface area contributed by atoms with Gasteiger partial charge in [0.25, 0.3) is 0 Å². The third kappa shape index (κ3) is 5.38. The number of hydrogen-bond donors (Lipinski definition) is 1. The molecule has 1 aromatic carbocycles. The number of benzene rings is 1. The predicted octanol–water partition coefficient (Wildman–Crippen LogP) is 3.20. The number of carbonyl (C=O) groups excluding carboxylic acids is 1. The highest BCUT2D eigenvalue weighted by Crippen LogP contribution is 2.24. The number of carbonyl (C=O) groups is 1. The summed E-state index contributed by atoms with van der Waals surface area (Å²) >= 11 is 0. The lowest BCUT2D eigenvalue weighted by Crippen LogP contribution is -2.51. The second-order valence-electron chi connectivity index (χ2n) is 10.0. The summed E-state index contributed by atoms with van der Waals surface area (Å²) in [6, 6.07) is 9.01. The number of piperazine rings is 1. The summed E-state index contributed by atoms with van der Waals surface area (Å²) in [5.74, 6) is 2.08. The average Bonchev–Trinajstić information content (AvgIpc) is 3.20. The average molecular weight is 464 g/mol. The van der Waals surface area contributed by atoms with E-state index in [1.807, 2.05) is 18.1 Å². The van der Waals surface area contributed by atoms with E-state index in [4.69, 9.17) is 0 Å². The van der Waals surface area contributed by atoms with E-state index in [0.29, 0.717) is 31.5 Å². The molecule has 1 fully saturated rings. The Labute approximate surface area is 202 Å². The molecule has 8 nitrogen and oxygen atoms in total. The normalized spacial score (nSPS) is 15.5. The highest BCUT2D eigenvalue weighted by atomic mass is 16.2. The summed E-state index contributed by atoms with van der Waals surface area (Å²) in [5, 5.41) is 8.78. The fourth-order valence-corrected chi connectivity index (χ4v) is 4.75. The van der Waals surface area contributed by atoms with Crippen LogP contribution in [0.2, 0.25) is 0 Å². The van der Waals surface area contributed by atoms with E-state index in [1.165, 1.54) is 11.1 Å². The Morgan fingerprint density at radius 1 is 1.03 bits per heavy atom. The molecule has 1 amide bonds. The van der Waals surface area contributed by atoms with Crippen molar-refractivity contribution in [1.29, 1.82) is 0 Å². The van der Waals surface area contributed by atoms with Gasteiger partial charge in [0, 0.05) is 39.3 Å². The zero-order valence-corrected chi connectivity index (χ0v) is 21.0. The third-order valence-corrected chi connectivity index (χ3v) is 6.56. The van der Waals surface area contributed by atoms with Crippen molar-refractivity contribution in [1.82, 2.24) is 30.0 Å². The van der Waals surface area contributed by atoms with Crippen molar-refractivity contribution in [2.45, 2.75) is 40.2 Å². The molecule has 0 bridgehead atoms. The highest BCUT2D eigenvalue weighted by Gasteiger charge is 2.25. The molecule has 1 aliphatic rings. The number of amides is 1. The van der Waals surface area contributed by atoms with Gasteiger partial charge in [-0.3, -0.25) is 9.48 Å². The number of rotatable bonds is 8. The van der Waals surface area contributed by atoms with Gasteiger partial charge in [-0.2, -0.15) is 5.10 Å². The van der Waals surface area contributed by atoms with Gasteiger partial charge in [0.1, 0.15) is 12.1 Å². The Bertz CT molecular complexity index is 1100. The zero-order chi connectivity index (χ0) is 24.2. The number of hydrogen-bond acceptors (Lipinski definition) is 6. The Kier molecular flexibility index (Phi) is 7.46. The van der Waals surface area contributed by atoms with Gasteiger partial charge in [-0.25, -0.2) is 9.97 Å². The van der Waals surface area contributed by atoms with Crippen LogP contribution in [0.25, 0.3) is 11.0 Å². The van der Waals surface area contributed by atoms with E-state index in [1.54, 1.807) is 11.0 Å². The van der Waals surface area contributed by atoms with E-state index in [0.717, 1.165) is 36.4 Å². The molecule has 3 heterocycles. The van der Waals surface area contributed by atoms with Crippen LogP contribution in [0, 0.1) is 11.8 Å². The van der Waals surface area contributed by atoms with Gasteiger partial charge in [-0.05, 0) is 29.4 Å². The number of fused-ring (bicyclic) bond motifs is 1. The molecule has 1 N–H and O–H groups in total. The van der Waals surface area contributed by atoms with E-state index < -0.39 is 0 Å². The van der Waals surface area contributed by atoms with Crippen LogP contribution in [0.15, 0.2) is 36.8 Å². The molecule has 0 spiro atoms. The van der Waals surface area contributed by atoms with Crippen LogP contribution in [-0.2, 0) is 18.3 Å². The van der Waals surface area contributed by atoms with Crippen LogP contribution < -0.4 is 10.2 Å². The Morgan fingerprint density at radius 2 is 1.74 bits per heavy atom. The van der Waals surface area contributed by atoms with Gasteiger partial charge in [0.2, 0.25) is 5.91 Å². The molecule has 0 radical (unpaired) electrons. The molecule has 0 saturated carbocycles. The number of nitrogens with zero attached hydrogens (tertiary/aromatic N) is 6. The Morgan fingerprint density at radius 3 is 2.38 bits per heavy atom. The first kappa shape index (κ1) is 24.1. The molecule has 34 heavy (non-hydrogen) atoms. The molecule has 2 aromatic heterocycles. The largest absolute Gasteiger partial charge is 0.352 e. The minimum Gasteiger partial charge on any atom is -0.352 e. The van der Waals surface area contributed by atoms with Crippen molar-refractivity contribution in [2.24, 2.45) is 18.9 Å². The van der Waals surface area contributed by atoms with Gasteiger partial charge in [0.05, 0.1) is 18.1 Å². The van der Waals surface area contributed by atoms with Crippen molar-refractivity contribution in [2.75, 3.05) is 37.6 Å². The second kappa shape index (κ2) is 10.5. The summed E-state index contributed by atoms with van der Waals surface area (Å²) < 4.78 is 1.76. The summed E-state index contributed by atoms with van der Waals surface area (Å²) in [6.45, 7) is 12.1. The SMILES string of the molecule is CC(C)Cc1ccc(C(NCC(=O)N2CCN(c3ncnc4c3cnn4C)CC2)C(C)C)cc1. The van der Waals surface area contributed by atoms with Gasteiger partial charge >= 0.3 is 0 Å². The first-order valence-electron chi connectivity index (χ1n) is 12.3. The van der Waals surface area contributed by atoms with E-state index in [-0.39, 0.29) is 11.9 Å². The molecule has 0 aliphatic carbocycles. The lowest BCUT2D eigenvalue weighted by Gasteiger charge is -2.36. The summed E-state index contributed by atoms with van der Waals surface area (Å²) in [4.78, 5) is 26.0. The van der Waals surface area contributed by atoms with Crippen LogP contribution in [0.3, 0.4) is 0 Å². The molecular weight excluding hydrogens is 426 g/mol. The molecular formula is C26H37N7O. The van der Waals surface area contributed by atoms with E-state index in [2.05, 4.69) is 77.2 Å². The summed E-state index contributed by atoms with van der Waals surface area (Å²) in [5.41, 5.74) is 3.43. The smallest absolute Gasteiger partial charge is 0.236 e. The maximum absolute atomic E-state index is 13.0. The molecule has 3 aromatic rings. The molecule has 1 saturated heterocycles. The van der Waals surface area contributed by atoms with Crippen LogP contribution >= 0.6 is 0 Å². The zero-order valence-electron chi connectivity index (χ0n) is 21.0. The number of anilines is 1. The summed E-state index contributed by atoms with van der Waals surface area (Å²) in [7, 11) is 1.88. The Balaban J connectivity index is 1.33. The predicted molar refractivity (Wildman–Crippen MR) is 136 cm³/mol. The number of nitrogens with one attached hydrogen (secondary N) is 1. The van der Waals surface area contributed by atoms with Crippen LogP contribution in [0.1, 0.15) is 44.9 Å². The minimum atomic E-state index is 0.149. The molecule has 1 atom stereocenters. The van der Waals surface area contributed by atoms with Crippen molar-refractivity contribution in [3.8, 4) is 0 Å². The monoisotopic (exact) mass is 463 g/mol. The van der Waals surface area contributed by atoms with E-state index >= 15 is 0 Å². The molecule has 182 valence electrons. The topological polar surface area (TPSA) is 79.2 Å². The summed E-state index contributed by atoms with van der Waals surface area (Å²) in [6.07, 6.45) is 4.49.